The minimum atomic E-state index is 0.0212. The van der Waals surface area contributed by atoms with E-state index >= 15 is 0 Å². The van der Waals surface area contributed by atoms with Crippen LogP contribution in [0, 0.1) is 0 Å². The van der Waals surface area contributed by atoms with Crippen LogP contribution in [0.25, 0.3) is 0 Å². The highest BCUT2D eigenvalue weighted by atomic mass is 32.2. The van der Waals surface area contributed by atoms with Crippen LogP contribution in [-0.2, 0) is 0 Å². The highest BCUT2D eigenvalue weighted by Gasteiger charge is 2.23. The van der Waals surface area contributed by atoms with Gasteiger partial charge in [-0.2, -0.15) is 0 Å². The second kappa shape index (κ2) is 5.35. The summed E-state index contributed by atoms with van der Waals surface area (Å²) in [5.74, 6) is 1.60. The molecule has 2 nitrogen and oxygen atoms in total. The standard InChI is InChI=1S/C19H12O2S/c20-18(13-7-2-1-3-8-13)14-9-6-11-16-19(14)22-17-12-5-4-10-15(17)21-16/h1-12H. The summed E-state index contributed by atoms with van der Waals surface area (Å²) in [7, 11) is 0. The number of hydrogen-bond acceptors (Lipinski definition) is 3. The summed E-state index contributed by atoms with van der Waals surface area (Å²) in [6, 6.07) is 22.8. The van der Waals surface area contributed by atoms with Crippen molar-refractivity contribution in [3.8, 4) is 11.5 Å². The molecule has 0 atom stereocenters. The molecule has 0 amide bonds. The summed E-state index contributed by atoms with van der Waals surface area (Å²) in [5.41, 5.74) is 1.37. The van der Waals surface area contributed by atoms with Gasteiger partial charge in [-0.25, -0.2) is 0 Å². The fourth-order valence-corrected chi connectivity index (χ4v) is 3.53. The lowest BCUT2D eigenvalue weighted by Crippen LogP contribution is -2.05. The van der Waals surface area contributed by atoms with Crippen molar-refractivity contribution in [3.05, 3.63) is 83.9 Å². The lowest BCUT2D eigenvalue weighted by molar-refractivity contribution is 0.103. The number of hydrogen-bond donors (Lipinski definition) is 0. The first-order valence-electron chi connectivity index (χ1n) is 7.00. The number of fused-ring (bicyclic) bond motifs is 2. The van der Waals surface area contributed by atoms with Gasteiger partial charge in [0.15, 0.2) is 5.78 Å². The van der Waals surface area contributed by atoms with Gasteiger partial charge in [-0.05, 0) is 24.3 Å². The number of ketones is 1. The molecule has 0 radical (unpaired) electrons. The molecule has 0 unspecified atom stereocenters. The molecule has 0 saturated carbocycles. The van der Waals surface area contributed by atoms with E-state index in [2.05, 4.69) is 0 Å². The topological polar surface area (TPSA) is 26.3 Å². The molecule has 0 bridgehead atoms. The zero-order valence-corrected chi connectivity index (χ0v) is 12.5. The van der Waals surface area contributed by atoms with E-state index in [0.29, 0.717) is 11.1 Å². The van der Waals surface area contributed by atoms with Crippen molar-refractivity contribution in [1.29, 1.82) is 0 Å². The van der Waals surface area contributed by atoms with Gasteiger partial charge in [0, 0.05) is 11.1 Å². The molecule has 4 rings (SSSR count). The molecule has 1 aliphatic heterocycles. The maximum atomic E-state index is 12.8. The summed E-state index contributed by atoms with van der Waals surface area (Å²) in [6.07, 6.45) is 0. The molecule has 22 heavy (non-hydrogen) atoms. The van der Waals surface area contributed by atoms with Crippen molar-refractivity contribution in [1.82, 2.24) is 0 Å². The van der Waals surface area contributed by atoms with E-state index in [-0.39, 0.29) is 5.78 Å². The smallest absolute Gasteiger partial charge is 0.194 e. The van der Waals surface area contributed by atoms with Gasteiger partial charge in [-0.15, -0.1) is 0 Å². The highest BCUT2D eigenvalue weighted by Crippen LogP contribution is 2.48. The van der Waals surface area contributed by atoms with Gasteiger partial charge >= 0.3 is 0 Å². The summed E-state index contributed by atoms with van der Waals surface area (Å²) in [6.45, 7) is 0. The predicted molar refractivity (Wildman–Crippen MR) is 87.0 cm³/mol. The Hall–Kier alpha value is -2.52. The quantitative estimate of drug-likeness (QED) is 0.478. The number of benzene rings is 3. The molecule has 0 fully saturated rings. The lowest BCUT2D eigenvalue weighted by atomic mass is 10.0. The maximum absolute atomic E-state index is 12.8. The van der Waals surface area contributed by atoms with Gasteiger partial charge in [0.25, 0.3) is 0 Å². The Labute approximate surface area is 132 Å². The van der Waals surface area contributed by atoms with E-state index in [9.17, 15) is 4.79 Å². The first kappa shape index (κ1) is 13.2. The summed E-state index contributed by atoms with van der Waals surface area (Å²) in [5, 5.41) is 0. The molecule has 0 aliphatic carbocycles. The van der Waals surface area contributed by atoms with Gasteiger partial charge in [-0.1, -0.05) is 60.3 Å². The van der Waals surface area contributed by atoms with Gasteiger partial charge in [0.05, 0.1) is 9.79 Å². The molecule has 0 saturated heterocycles. The van der Waals surface area contributed by atoms with E-state index in [1.54, 1.807) is 11.8 Å². The van der Waals surface area contributed by atoms with E-state index < -0.39 is 0 Å². The normalized spacial score (nSPS) is 12.0. The molecule has 1 aliphatic rings. The number of ether oxygens (including phenoxy) is 1. The average Bonchev–Trinajstić information content (AvgIpc) is 2.59. The molecule has 3 aromatic carbocycles. The number of carbonyl (C=O) groups is 1. The summed E-state index contributed by atoms with van der Waals surface area (Å²) >= 11 is 1.59. The van der Waals surface area contributed by atoms with E-state index in [1.807, 2.05) is 72.8 Å². The molecule has 106 valence electrons. The first-order valence-corrected chi connectivity index (χ1v) is 7.82. The SMILES string of the molecule is O=C(c1ccccc1)c1cccc2c1Sc1ccccc1O2. The lowest BCUT2D eigenvalue weighted by Gasteiger charge is -2.21. The third-order valence-electron chi connectivity index (χ3n) is 3.54. The van der Waals surface area contributed by atoms with Crippen LogP contribution in [0.3, 0.4) is 0 Å². The highest BCUT2D eigenvalue weighted by molar-refractivity contribution is 7.99. The Kier molecular flexibility index (Phi) is 3.20. The van der Waals surface area contributed by atoms with Gasteiger partial charge in [-0.3, -0.25) is 4.79 Å². The Morgan fingerprint density at radius 2 is 1.50 bits per heavy atom. The molecule has 1 heterocycles. The third kappa shape index (κ3) is 2.20. The minimum absolute atomic E-state index is 0.0212. The largest absolute Gasteiger partial charge is 0.455 e. The van der Waals surface area contributed by atoms with Gasteiger partial charge in [0.1, 0.15) is 11.5 Å². The zero-order valence-electron chi connectivity index (χ0n) is 11.7. The molecule has 0 spiro atoms. The van der Waals surface area contributed by atoms with Crippen molar-refractivity contribution in [2.75, 3.05) is 0 Å². The molecular weight excluding hydrogens is 292 g/mol. The number of carbonyl (C=O) groups excluding carboxylic acids is 1. The Bertz CT molecular complexity index is 856. The molecule has 3 heteroatoms. The minimum Gasteiger partial charge on any atom is -0.455 e. The van der Waals surface area contributed by atoms with Crippen molar-refractivity contribution in [2.24, 2.45) is 0 Å². The second-order valence-corrected chi connectivity index (χ2v) is 6.03. The summed E-state index contributed by atoms with van der Waals surface area (Å²) in [4.78, 5) is 14.7. The third-order valence-corrected chi connectivity index (χ3v) is 4.72. The van der Waals surface area contributed by atoms with Crippen LogP contribution >= 0.6 is 11.8 Å². The van der Waals surface area contributed by atoms with Crippen molar-refractivity contribution in [2.45, 2.75) is 9.79 Å². The zero-order chi connectivity index (χ0) is 14.9. The van der Waals surface area contributed by atoms with Crippen LogP contribution in [0.5, 0.6) is 11.5 Å². The van der Waals surface area contributed by atoms with Crippen LogP contribution in [0.4, 0.5) is 0 Å². The average molecular weight is 304 g/mol. The Morgan fingerprint density at radius 1 is 0.773 bits per heavy atom. The number of rotatable bonds is 2. The summed E-state index contributed by atoms with van der Waals surface area (Å²) < 4.78 is 5.93. The molecule has 0 aromatic heterocycles. The van der Waals surface area contributed by atoms with Crippen molar-refractivity contribution < 1.29 is 9.53 Å². The van der Waals surface area contributed by atoms with Crippen LogP contribution in [0.1, 0.15) is 15.9 Å². The van der Waals surface area contributed by atoms with Gasteiger partial charge in [0.2, 0.25) is 0 Å². The van der Waals surface area contributed by atoms with E-state index in [4.69, 9.17) is 4.74 Å². The predicted octanol–water partition coefficient (Wildman–Crippen LogP) is 5.17. The molecular formula is C19H12O2S. The molecule has 3 aromatic rings. The first-order chi connectivity index (χ1) is 10.8. The molecule has 0 N–H and O–H groups in total. The monoisotopic (exact) mass is 304 g/mol. The maximum Gasteiger partial charge on any atom is 0.194 e. The fraction of sp³-hybridized carbons (Fsp3) is 0. The van der Waals surface area contributed by atoms with Crippen LogP contribution in [-0.4, -0.2) is 5.78 Å². The van der Waals surface area contributed by atoms with Crippen LogP contribution < -0.4 is 4.74 Å². The van der Waals surface area contributed by atoms with Crippen LogP contribution in [0.2, 0.25) is 0 Å². The Morgan fingerprint density at radius 3 is 2.36 bits per heavy atom. The van der Waals surface area contributed by atoms with E-state index in [0.717, 1.165) is 21.3 Å². The van der Waals surface area contributed by atoms with Gasteiger partial charge < -0.3 is 4.74 Å². The van der Waals surface area contributed by atoms with Crippen molar-refractivity contribution >= 4 is 17.5 Å². The second-order valence-electron chi connectivity index (χ2n) is 4.98. The van der Waals surface area contributed by atoms with Crippen molar-refractivity contribution in [3.63, 3.8) is 0 Å². The fourth-order valence-electron chi connectivity index (χ4n) is 2.47. The number of para-hydroxylation sites is 1. The van der Waals surface area contributed by atoms with Crippen LogP contribution in [0.15, 0.2) is 82.6 Å². The van der Waals surface area contributed by atoms with E-state index in [1.165, 1.54) is 0 Å². The Balaban J connectivity index is 1.80.